The number of amides is 1. The molecule has 98 valence electrons. The molecule has 0 spiro atoms. The Labute approximate surface area is 103 Å². The quantitative estimate of drug-likeness (QED) is 0.772. The Hall–Kier alpha value is -0.610. The van der Waals surface area contributed by atoms with Crippen molar-refractivity contribution in [3.63, 3.8) is 0 Å². The number of carbonyl (C=O) groups excluding carboxylic acids is 1. The van der Waals surface area contributed by atoms with E-state index in [0.717, 1.165) is 52.0 Å². The molecular weight excluding hydrogens is 216 g/mol. The molecule has 2 aliphatic rings. The average Bonchev–Trinajstić information content (AvgIpc) is 2.83. The van der Waals surface area contributed by atoms with E-state index in [9.17, 15) is 4.79 Å². The molecular formula is C13H24N2O2. The van der Waals surface area contributed by atoms with E-state index in [4.69, 9.17) is 4.74 Å². The van der Waals surface area contributed by atoms with Crippen LogP contribution < -0.4 is 10.6 Å². The fraction of sp³-hybridized carbons (Fsp3) is 0.923. The van der Waals surface area contributed by atoms with E-state index in [0.29, 0.717) is 5.92 Å². The molecule has 2 rings (SSSR count). The van der Waals surface area contributed by atoms with E-state index >= 15 is 0 Å². The number of hydrogen-bond acceptors (Lipinski definition) is 3. The molecule has 0 bridgehead atoms. The Morgan fingerprint density at radius 2 is 2.41 bits per heavy atom. The molecule has 4 nitrogen and oxygen atoms in total. The maximum atomic E-state index is 12.1. The zero-order valence-corrected chi connectivity index (χ0v) is 10.8. The number of carbonyl (C=O) groups is 1. The van der Waals surface area contributed by atoms with Crippen molar-refractivity contribution in [3.8, 4) is 0 Å². The first-order chi connectivity index (χ1) is 8.21. The van der Waals surface area contributed by atoms with Gasteiger partial charge in [-0.1, -0.05) is 0 Å². The van der Waals surface area contributed by atoms with Crippen molar-refractivity contribution < 1.29 is 9.53 Å². The van der Waals surface area contributed by atoms with Gasteiger partial charge in [0.05, 0.1) is 5.54 Å². The van der Waals surface area contributed by atoms with E-state index in [-0.39, 0.29) is 11.4 Å². The lowest BCUT2D eigenvalue weighted by molar-refractivity contribution is -0.127. The van der Waals surface area contributed by atoms with Crippen LogP contribution in [0.15, 0.2) is 0 Å². The Morgan fingerprint density at radius 3 is 3.06 bits per heavy atom. The van der Waals surface area contributed by atoms with Gasteiger partial charge in [0.25, 0.3) is 0 Å². The molecule has 2 unspecified atom stereocenters. The highest BCUT2D eigenvalue weighted by Gasteiger charge is 2.33. The molecule has 2 atom stereocenters. The summed E-state index contributed by atoms with van der Waals surface area (Å²) in [5, 5.41) is 6.40. The fourth-order valence-corrected chi connectivity index (χ4v) is 2.65. The van der Waals surface area contributed by atoms with Crippen molar-refractivity contribution in [3.05, 3.63) is 0 Å². The first-order valence-corrected chi connectivity index (χ1v) is 6.82. The summed E-state index contributed by atoms with van der Waals surface area (Å²) in [6, 6.07) is 0. The predicted octanol–water partition coefficient (Wildman–Crippen LogP) is 1.06. The molecule has 0 aliphatic carbocycles. The maximum Gasteiger partial charge on any atom is 0.240 e. The second-order valence-electron chi connectivity index (χ2n) is 5.49. The minimum Gasteiger partial charge on any atom is -0.381 e. The van der Waals surface area contributed by atoms with E-state index in [1.165, 1.54) is 6.42 Å². The van der Waals surface area contributed by atoms with Gasteiger partial charge in [0.15, 0.2) is 0 Å². The van der Waals surface area contributed by atoms with Gasteiger partial charge in [-0.05, 0) is 51.5 Å². The van der Waals surface area contributed by atoms with Crippen LogP contribution in [0.5, 0.6) is 0 Å². The molecule has 4 heteroatoms. The van der Waals surface area contributed by atoms with Crippen molar-refractivity contribution in [2.24, 2.45) is 5.92 Å². The standard InChI is InChI=1S/C13H24N2O2/c1-13(6-2-3-7-15-13)12(16)14-8-4-11-5-9-17-10-11/h11,15H,2-10H2,1H3,(H,14,16). The summed E-state index contributed by atoms with van der Waals surface area (Å²) in [5.41, 5.74) is -0.343. The molecule has 17 heavy (non-hydrogen) atoms. The molecule has 1 amide bonds. The lowest BCUT2D eigenvalue weighted by Gasteiger charge is -2.33. The number of ether oxygens (including phenoxy) is 1. The molecule has 0 radical (unpaired) electrons. The third kappa shape index (κ3) is 3.42. The van der Waals surface area contributed by atoms with Gasteiger partial charge in [-0.2, -0.15) is 0 Å². The van der Waals surface area contributed by atoms with Crippen LogP contribution in [0.25, 0.3) is 0 Å². The number of hydrogen-bond donors (Lipinski definition) is 2. The van der Waals surface area contributed by atoms with Crippen LogP contribution in [0, 0.1) is 5.92 Å². The fourth-order valence-electron chi connectivity index (χ4n) is 2.65. The Kier molecular flexibility index (Phi) is 4.40. The second kappa shape index (κ2) is 5.83. The molecule has 2 aliphatic heterocycles. The summed E-state index contributed by atoms with van der Waals surface area (Å²) in [4.78, 5) is 12.1. The minimum atomic E-state index is -0.343. The SMILES string of the molecule is CC1(C(=O)NCCC2CCOC2)CCCCN1. The number of piperidine rings is 1. The van der Waals surface area contributed by atoms with Gasteiger partial charge in [-0.3, -0.25) is 4.79 Å². The van der Waals surface area contributed by atoms with Crippen LogP contribution in [0.2, 0.25) is 0 Å². The molecule has 0 aromatic carbocycles. The lowest BCUT2D eigenvalue weighted by atomic mass is 9.90. The lowest BCUT2D eigenvalue weighted by Crippen LogP contribution is -2.57. The summed E-state index contributed by atoms with van der Waals surface area (Å²) < 4.78 is 5.33. The van der Waals surface area contributed by atoms with Crippen molar-refractivity contribution >= 4 is 5.91 Å². The van der Waals surface area contributed by atoms with Crippen molar-refractivity contribution in [1.29, 1.82) is 0 Å². The van der Waals surface area contributed by atoms with Crippen molar-refractivity contribution in [2.45, 2.75) is 44.6 Å². The summed E-state index contributed by atoms with van der Waals surface area (Å²) >= 11 is 0. The average molecular weight is 240 g/mol. The van der Waals surface area contributed by atoms with Crippen LogP contribution in [0.1, 0.15) is 39.0 Å². The minimum absolute atomic E-state index is 0.163. The normalized spacial score (nSPS) is 33.6. The molecule has 0 aromatic heterocycles. The first kappa shape index (κ1) is 12.8. The van der Waals surface area contributed by atoms with Crippen LogP contribution in [-0.4, -0.2) is 37.7 Å². The van der Waals surface area contributed by atoms with E-state index in [2.05, 4.69) is 10.6 Å². The monoisotopic (exact) mass is 240 g/mol. The van der Waals surface area contributed by atoms with Gasteiger partial charge in [0.2, 0.25) is 5.91 Å². The van der Waals surface area contributed by atoms with Gasteiger partial charge in [0, 0.05) is 19.8 Å². The molecule has 2 heterocycles. The van der Waals surface area contributed by atoms with Gasteiger partial charge in [-0.25, -0.2) is 0 Å². The maximum absolute atomic E-state index is 12.1. The molecule has 2 fully saturated rings. The van der Waals surface area contributed by atoms with Crippen LogP contribution >= 0.6 is 0 Å². The third-order valence-electron chi connectivity index (χ3n) is 3.98. The van der Waals surface area contributed by atoms with Crippen molar-refractivity contribution in [1.82, 2.24) is 10.6 Å². The van der Waals surface area contributed by atoms with E-state index in [1.54, 1.807) is 0 Å². The first-order valence-electron chi connectivity index (χ1n) is 6.82. The highest BCUT2D eigenvalue weighted by Crippen LogP contribution is 2.19. The zero-order valence-electron chi connectivity index (χ0n) is 10.8. The molecule has 2 saturated heterocycles. The Balaban J connectivity index is 1.68. The number of nitrogens with one attached hydrogen (secondary N) is 2. The Bertz CT molecular complexity index is 256. The Morgan fingerprint density at radius 1 is 1.53 bits per heavy atom. The molecule has 0 saturated carbocycles. The topological polar surface area (TPSA) is 50.4 Å². The summed E-state index contributed by atoms with van der Waals surface area (Å²) in [5.74, 6) is 0.804. The molecule has 2 N–H and O–H groups in total. The van der Waals surface area contributed by atoms with Crippen molar-refractivity contribution in [2.75, 3.05) is 26.3 Å². The largest absolute Gasteiger partial charge is 0.381 e. The van der Waals surface area contributed by atoms with Gasteiger partial charge in [0.1, 0.15) is 0 Å². The molecule has 0 aromatic rings. The third-order valence-corrected chi connectivity index (χ3v) is 3.98. The summed E-state index contributed by atoms with van der Waals surface area (Å²) in [6.07, 6.45) is 5.47. The predicted molar refractivity (Wildman–Crippen MR) is 66.8 cm³/mol. The van der Waals surface area contributed by atoms with Crippen LogP contribution in [0.4, 0.5) is 0 Å². The zero-order chi connectivity index (χ0) is 12.1. The highest BCUT2D eigenvalue weighted by atomic mass is 16.5. The van der Waals surface area contributed by atoms with Crippen LogP contribution in [0.3, 0.4) is 0 Å². The highest BCUT2D eigenvalue weighted by molar-refractivity contribution is 5.85. The van der Waals surface area contributed by atoms with Gasteiger partial charge >= 0.3 is 0 Å². The second-order valence-corrected chi connectivity index (χ2v) is 5.49. The number of rotatable bonds is 4. The van der Waals surface area contributed by atoms with Crippen LogP contribution in [-0.2, 0) is 9.53 Å². The summed E-state index contributed by atoms with van der Waals surface area (Å²) in [7, 11) is 0. The van der Waals surface area contributed by atoms with E-state index < -0.39 is 0 Å². The van der Waals surface area contributed by atoms with E-state index in [1.807, 2.05) is 6.92 Å². The summed E-state index contributed by atoms with van der Waals surface area (Å²) in [6.45, 7) is 5.51. The van der Waals surface area contributed by atoms with Gasteiger partial charge < -0.3 is 15.4 Å². The smallest absolute Gasteiger partial charge is 0.240 e. The van der Waals surface area contributed by atoms with Gasteiger partial charge in [-0.15, -0.1) is 0 Å².